The Hall–Kier alpha value is -1.13. The second-order valence-corrected chi connectivity index (χ2v) is 5.96. The molecule has 1 fully saturated rings. The van der Waals surface area contributed by atoms with Crippen LogP contribution in [0.2, 0.25) is 0 Å². The van der Waals surface area contributed by atoms with Crippen molar-refractivity contribution in [3.8, 4) is 0 Å². The molecule has 0 unspecified atom stereocenters. The molecule has 1 aromatic heterocycles. The highest BCUT2D eigenvalue weighted by Gasteiger charge is 2.21. The zero-order chi connectivity index (χ0) is 14.4. The van der Waals surface area contributed by atoms with E-state index in [0.717, 1.165) is 32.1 Å². The van der Waals surface area contributed by atoms with Gasteiger partial charge in [-0.2, -0.15) is 0 Å². The molecule has 4 nitrogen and oxygen atoms in total. The summed E-state index contributed by atoms with van der Waals surface area (Å²) in [5.74, 6) is 2.01. The first-order valence-corrected chi connectivity index (χ1v) is 7.75. The third kappa shape index (κ3) is 4.18. The van der Waals surface area contributed by atoms with Gasteiger partial charge >= 0.3 is 0 Å². The Bertz CT molecular complexity index is 397. The lowest BCUT2D eigenvalue weighted by atomic mass is 9.96. The summed E-state index contributed by atoms with van der Waals surface area (Å²) < 4.78 is 0. The van der Waals surface area contributed by atoms with Crippen LogP contribution in [-0.2, 0) is 6.54 Å². The Morgan fingerprint density at radius 2 is 2.10 bits per heavy atom. The summed E-state index contributed by atoms with van der Waals surface area (Å²) in [6.07, 6.45) is 4.46. The van der Waals surface area contributed by atoms with Crippen molar-refractivity contribution in [2.45, 2.75) is 26.3 Å². The van der Waals surface area contributed by atoms with Gasteiger partial charge in [0.15, 0.2) is 0 Å². The summed E-state index contributed by atoms with van der Waals surface area (Å²) in [5.41, 5.74) is 1.32. The van der Waals surface area contributed by atoms with Gasteiger partial charge in [0.05, 0.1) is 0 Å². The number of aromatic nitrogens is 1. The third-order valence-electron chi connectivity index (χ3n) is 3.97. The molecule has 2 heterocycles. The minimum atomic E-state index is 0.835. The minimum Gasteiger partial charge on any atom is -0.356 e. The molecular formula is C16H28N4. The second-order valence-electron chi connectivity index (χ2n) is 5.96. The molecule has 0 saturated carbocycles. The van der Waals surface area contributed by atoms with Gasteiger partial charge in [0, 0.05) is 37.9 Å². The van der Waals surface area contributed by atoms with Gasteiger partial charge in [0.1, 0.15) is 5.82 Å². The predicted octanol–water partition coefficient (Wildman–Crippen LogP) is 1.97. The number of pyridine rings is 1. The van der Waals surface area contributed by atoms with Crippen molar-refractivity contribution < 1.29 is 0 Å². The smallest absolute Gasteiger partial charge is 0.133 e. The molecule has 1 aliphatic rings. The zero-order valence-electron chi connectivity index (χ0n) is 13.1. The van der Waals surface area contributed by atoms with Crippen LogP contribution in [0.5, 0.6) is 0 Å². The maximum atomic E-state index is 4.62. The molecule has 0 atom stereocenters. The molecule has 1 saturated heterocycles. The van der Waals surface area contributed by atoms with Gasteiger partial charge in [-0.05, 0) is 45.5 Å². The SMILES string of the molecule is CCNCc1cccnc1N1CCC(CN(C)C)CC1. The largest absolute Gasteiger partial charge is 0.356 e. The van der Waals surface area contributed by atoms with Crippen molar-refractivity contribution in [2.24, 2.45) is 5.92 Å². The van der Waals surface area contributed by atoms with Crippen LogP contribution >= 0.6 is 0 Å². The average Bonchev–Trinajstić information content (AvgIpc) is 2.46. The highest BCUT2D eigenvalue weighted by atomic mass is 15.2. The van der Waals surface area contributed by atoms with Crippen LogP contribution in [-0.4, -0.2) is 50.2 Å². The van der Waals surface area contributed by atoms with Crippen LogP contribution in [0.25, 0.3) is 0 Å². The highest BCUT2D eigenvalue weighted by Crippen LogP contribution is 2.24. The Morgan fingerprint density at radius 3 is 2.75 bits per heavy atom. The van der Waals surface area contributed by atoms with E-state index < -0.39 is 0 Å². The maximum absolute atomic E-state index is 4.62. The normalized spacial score (nSPS) is 16.9. The monoisotopic (exact) mass is 276 g/mol. The fourth-order valence-corrected chi connectivity index (χ4v) is 2.96. The van der Waals surface area contributed by atoms with E-state index in [-0.39, 0.29) is 0 Å². The lowest BCUT2D eigenvalue weighted by Gasteiger charge is -2.34. The van der Waals surface area contributed by atoms with Crippen LogP contribution in [0.3, 0.4) is 0 Å². The standard InChI is InChI=1S/C16H28N4/c1-4-17-12-15-6-5-9-18-16(15)20-10-7-14(8-11-20)13-19(2)3/h5-6,9,14,17H,4,7-8,10-13H2,1-3H3. The van der Waals surface area contributed by atoms with E-state index in [1.165, 1.54) is 30.8 Å². The van der Waals surface area contributed by atoms with Crippen molar-refractivity contribution in [3.05, 3.63) is 23.9 Å². The Kier molecular flexibility index (Phi) is 5.80. The van der Waals surface area contributed by atoms with Gasteiger partial charge in [0.25, 0.3) is 0 Å². The third-order valence-corrected chi connectivity index (χ3v) is 3.97. The summed E-state index contributed by atoms with van der Waals surface area (Å²) in [6, 6.07) is 4.23. The lowest BCUT2D eigenvalue weighted by Crippen LogP contribution is -2.38. The van der Waals surface area contributed by atoms with E-state index in [4.69, 9.17) is 0 Å². The quantitative estimate of drug-likeness (QED) is 0.861. The molecule has 112 valence electrons. The van der Waals surface area contributed by atoms with Crippen LogP contribution in [0.15, 0.2) is 18.3 Å². The van der Waals surface area contributed by atoms with Gasteiger partial charge in [-0.3, -0.25) is 0 Å². The van der Waals surface area contributed by atoms with E-state index in [1.54, 1.807) is 0 Å². The number of nitrogens with zero attached hydrogens (tertiary/aromatic N) is 3. The fourth-order valence-electron chi connectivity index (χ4n) is 2.96. The number of nitrogens with one attached hydrogen (secondary N) is 1. The second kappa shape index (κ2) is 7.60. The molecule has 4 heteroatoms. The van der Waals surface area contributed by atoms with Crippen molar-refractivity contribution in [1.82, 2.24) is 15.2 Å². The summed E-state index contributed by atoms with van der Waals surface area (Å²) in [6.45, 7) is 7.53. The number of piperidine rings is 1. The Labute approximate surface area is 123 Å². The van der Waals surface area contributed by atoms with E-state index in [9.17, 15) is 0 Å². The molecule has 20 heavy (non-hydrogen) atoms. The molecule has 0 bridgehead atoms. The molecule has 2 rings (SSSR count). The number of hydrogen-bond donors (Lipinski definition) is 1. The molecule has 0 spiro atoms. The van der Waals surface area contributed by atoms with E-state index in [2.05, 4.69) is 47.2 Å². The first-order chi connectivity index (χ1) is 9.70. The van der Waals surface area contributed by atoms with Gasteiger partial charge in [-0.1, -0.05) is 13.0 Å². The first kappa shape index (κ1) is 15.3. The molecule has 0 aliphatic carbocycles. The van der Waals surface area contributed by atoms with Crippen molar-refractivity contribution in [1.29, 1.82) is 0 Å². The Morgan fingerprint density at radius 1 is 1.35 bits per heavy atom. The molecular weight excluding hydrogens is 248 g/mol. The lowest BCUT2D eigenvalue weighted by molar-refractivity contribution is 0.284. The van der Waals surface area contributed by atoms with Crippen LogP contribution in [0, 0.1) is 5.92 Å². The Balaban J connectivity index is 1.96. The maximum Gasteiger partial charge on any atom is 0.133 e. The molecule has 0 radical (unpaired) electrons. The highest BCUT2D eigenvalue weighted by molar-refractivity contribution is 5.47. The summed E-state index contributed by atoms with van der Waals surface area (Å²) in [7, 11) is 4.33. The number of hydrogen-bond acceptors (Lipinski definition) is 4. The summed E-state index contributed by atoms with van der Waals surface area (Å²) >= 11 is 0. The first-order valence-electron chi connectivity index (χ1n) is 7.75. The van der Waals surface area contributed by atoms with Gasteiger partial charge in [0.2, 0.25) is 0 Å². The van der Waals surface area contributed by atoms with Gasteiger partial charge < -0.3 is 15.1 Å². The topological polar surface area (TPSA) is 31.4 Å². The van der Waals surface area contributed by atoms with Gasteiger partial charge in [-0.15, -0.1) is 0 Å². The molecule has 0 amide bonds. The van der Waals surface area contributed by atoms with Gasteiger partial charge in [-0.25, -0.2) is 4.98 Å². The average molecular weight is 276 g/mol. The summed E-state index contributed by atoms with van der Waals surface area (Å²) in [4.78, 5) is 9.38. The van der Waals surface area contributed by atoms with Crippen molar-refractivity contribution in [2.75, 3.05) is 45.2 Å². The number of rotatable bonds is 6. The summed E-state index contributed by atoms with van der Waals surface area (Å²) in [5, 5.41) is 3.41. The molecule has 1 aromatic rings. The van der Waals surface area contributed by atoms with Crippen molar-refractivity contribution in [3.63, 3.8) is 0 Å². The molecule has 1 aliphatic heterocycles. The van der Waals surface area contributed by atoms with Crippen LogP contribution in [0.1, 0.15) is 25.3 Å². The van der Waals surface area contributed by atoms with E-state index in [1.807, 2.05) is 12.3 Å². The van der Waals surface area contributed by atoms with Crippen molar-refractivity contribution >= 4 is 5.82 Å². The predicted molar refractivity (Wildman–Crippen MR) is 85.1 cm³/mol. The van der Waals surface area contributed by atoms with E-state index >= 15 is 0 Å². The minimum absolute atomic E-state index is 0.835. The molecule has 0 aromatic carbocycles. The molecule has 1 N–H and O–H groups in total. The number of anilines is 1. The van der Waals surface area contributed by atoms with E-state index in [0.29, 0.717) is 0 Å². The van der Waals surface area contributed by atoms with Crippen LogP contribution < -0.4 is 10.2 Å². The fraction of sp³-hybridized carbons (Fsp3) is 0.688. The zero-order valence-corrected chi connectivity index (χ0v) is 13.1. The van der Waals surface area contributed by atoms with Crippen LogP contribution in [0.4, 0.5) is 5.82 Å².